The molecule has 112 valence electrons. The summed E-state index contributed by atoms with van der Waals surface area (Å²) in [7, 11) is 0. The SMILES string of the molecule is Cc1ccc(NC(=O)C2C[C@H]3CCC[C@@H](C2)C3=O)c(C)c1. The van der Waals surface area contributed by atoms with Gasteiger partial charge in [-0.3, -0.25) is 9.59 Å². The van der Waals surface area contributed by atoms with Gasteiger partial charge in [0.25, 0.3) is 0 Å². The van der Waals surface area contributed by atoms with E-state index in [0.717, 1.165) is 43.4 Å². The van der Waals surface area contributed by atoms with Gasteiger partial charge in [-0.05, 0) is 51.2 Å². The minimum absolute atomic E-state index is 0.00120. The molecule has 0 heterocycles. The van der Waals surface area contributed by atoms with E-state index >= 15 is 0 Å². The van der Waals surface area contributed by atoms with Crippen molar-refractivity contribution in [2.24, 2.45) is 17.8 Å². The fourth-order valence-electron chi connectivity index (χ4n) is 3.88. The zero-order valence-electron chi connectivity index (χ0n) is 12.8. The van der Waals surface area contributed by atoms with Crippen LogP contribution in [0.3, 0.4) is 0 Å². The Bertz CT molecular complexity index is 563. The van der Waals surface area contributed by atoms with Gasteiger partial charge in [0.05, 0.1) is 0 Å². The van der Waals surface area contributed by atoms with Crippen molar-refractivity contribution in [1.29, 1.82) is 0 Å². The van der Waals surface area contributed by atoms with E-state index in [0.29, 0.717) is 5.78 Å². The van der Waals surface area contributed by atoms with Crippen LogP contribution < -0.4 is 5.32 Å². The minimum atomic E-state index is -0.00120. The summed E-state index contributed by atoms with van der Waals surface area (Å²) in [6.07, 6.45) is 4.58. The summed E-state index contributed by atoms with van der Waals surface area (Å²) in [5, 5.41) is 3.06. The summed E-state index contributed by atoms with van der Waals surface area (Å²) in [6.45, 7) is 4.06. The first-order valence-electron chi connectivity index (χ1n) is 7.96. The Hall–Kier alpha value is -1.64. The van der Waals surface area contributed by atoms with Crippen LogP contribution in [0, 0.1) is 31.6 Å². The molecule has 1 unspecified atom stereocenters. The van der Waals surface area contributed by atoms with Crippen LogP contribution >= 0.6 is 0 Å². The van der Waals surface area contributed by atoms with Crippen LogP contribution in [0.4, 0.5) is 5.69 Å². The molecule has 3 atom stereocenters. The molecule has 3 nitrogen and oxygen atoms in total. The van der Waals surface area contributed by atoms with E-state index in [-0.39, 0.29) is 23.7 Å². The first kappa shape index (κ1) is 14.3. The summed E-state index contributed by atoms with van der Waals surface area (Å²) >= 11 is 0. The molecule has 1 N–H and O–H groups in total. The number of carbonyl (C=O) groups is 2. The lowest BCUT2D eigenvalue weighted by atomic mass is 9.67. The van der Waals surface area contributed by atoms with Gasteiger partial charge in [-0.2, -0.15) is 0 Å². The Balaban J connectivity index is 1.70. The molecule has 3 rings (SSSR count). The highest BCUT2D eigenvalue weighted by Gasteiger charge is 2.41. The zero-order chi connectivity index (χ0) is 15.0. The van der Waals surface area contributed by atoms with Crippen LogP contribution in [0.25, 0.3) is 0 Å². The van der Waals surface area contributed by atoms with Gasteiger partial charge in [0.1, 0.15) is 5.78 Å². The van der Waals surface area contributed by atoms with Crippen LogP contribution in [-0.2, 0) is 9.59 Å². The van der Waals surface area contributed by atoms with Gasteiger partial charge in [-0.1, -0.05) is 24.1 Å². The van der Waals surface area contributed by atoms with E-state index in [9.17, 15) is 9.59 Å². The number of Topliss-reactive ketones (excluding diaryl/α,β-unsaturated/α-hetero) is 1. The Kier molecular flexibility index (Phi) is 3.83. The smallest absolute Gasteiger partial charge is 0.227 e. The highest BCUT2D eigenvalue weighted by molar-refractivity contribution is 5.95. The van der Waals surface area contributed by atoms with Crippen molar-refractivity contribution in [3.63, 3.8) is 0 Å². The molecule has 0 radical (unpaired) electrons. The highest BCUT2D eigenvalue weighted by Crippen LogP contribution is 2.40. The molecule has 2 fully saturated rings. The number of nitrogens with one attached hydrogen (secondary N) is 1. The van der Waals surface area contributed by atoms with Crippen LogP contribution in [0.2, 0.25) is 0 Å². The second-order valence-electron chi connectivity index (χ2n) is 6.70. The maximum absolute atomic E-state index is 12.5. The lowest BCUT2D eigenvalue weighted by Crippen LogP contribution is -2.40. The molecule has 0 aromatic heterocycles. The molecular formula is C18H23NO2. The standard InChI is InChI=1S/C18H23NO2/c1-11-6-7-16(12(2)8-11)19-18(21)15-9-13-4-3-5-14(10-15)17(13)20/h6-8,13-15H,3-5,9-10H2,1-2H3,(H,19,21)/t13-,14+,15?. The van der Waals surface area contributed by atoms with Gasteiger partial charge in [0.2, 0.25) is 5.91 Å². The molecule has 2 saturated carbocycles. The van der Waals surface area contributed by atoms with E-state index in [1.54, 1.807) is 0 Å². The molecule has 2 bridgehead atoms. The summed E-state index contributed by atoms with van der Waals surface area (Å²) in [5.41, 5.74) is 3.19. The van der Waals surface area contributed by atoms with Crippen molar-refractivity contribution < 1.29 is 9.59 Å². The molecule has 0 spiro atoms. The van der Waals surface area contributed by atoms with Crippen molar-refractivity contribution >= 4 is 17.4 Å². The fourth-order valence-corrected chi connectivity index (χ4v) is 3.88. The van der Waals surface area contributed by atoms with Crippen LogP contribution in [-0.4, -0.2) is 11.7 Å². The van der Waals surface area contributed by atoms with Crippen molar-refractivity contribution in [2.45, 2.75) is 46.0 Å². The van der Waals surface area contributed by atoms with Crippen molar-refractivity contribution in [1.82, 2.24) is 0 Å². The molecule has 1 amide bonds. The average molecular weight is 285 g/mol. The summed E-state index contributed by atoms with van der Waals surface area (Å²) in [5.74, 6) is 0.765. The van der Waals surface area contributed by atoms with Crippen LogP contribution in [0.1, 0.15) is 43.2 Å². The first-order valence-corrected chi connectivity index (χ1v) is 7.96. The van der Waals surface area contributed by atoms with E-state index in [2.05, 4.69) is 11.4 Å². The molecule has 2 aliphatic carbocycles. The predicted octanol–water partition coefficient (Wildman–Crippen LogP) is 3.64. The largest absolute Gasteiger partial charge is 0.326 e. The second kappa shape index (κ2) is 5.63. The van der Waals surface area contributed by atoms with Gasteiger partial charge in [0.15, 0.2) is 0 Å². The number of hydrogen-bond donors (Lipinski definition) is 1. The Morgan fingerprint density at radius 3 is 2.43 bits per heavy atom. The van der Waals surface area contributed by atoms with Gasteiger partial charge >= 0.3 is 0 Å². The number of ketones is 1. The number of anilines is 1. The number of aryl methyl sites for hydroxylation is 2. The van der Waals surface area contributed by atoms with E-state index < -0.39 is 0 Å². The molecule has 0 aliphatic heterocycles. The van der Waals surface area contributed by atoms with Gasteiger partial charge in [-0.25, -0.2) is 0 Å². The predicted molar refractivity (Wildman–Crippen MR) is 83.1 cm³/mol. The molecule has 1 aromatic carbocycles. The Morgan fingerprint density at radius 1 is 1.14 bits per heavy atom. The molecule has 3 heteroatoms. The van der Waals surface area contributed by atoms with Gasteiger partial charge in [-0.15, -0.1) is 0 Å². The van der Waals surface area contributed by atoms with Gasteiger partial charge < -0.3 is 5.32 Å². The lowest BCUT2D eigenvalue weighted by molar-refractivity contribution is -0.136. The number of benzene rings is 1. The number of amides is 1. The number of rotatable bonds is 2. The average Bonchev–Trinajstić information content (AvgIpc) is 2.41. The summed E-state index contributed by atoms with van der Waals surface area (Å²) in [6, 6.07) is 6.06. The normalized spacial score (nSPS) is 28.3. The number of fused-ring (bicyclic) bond motifs is 2. The Labute approximate surface area is 126 Å². The third kappa shape index (κ3) is 2.87. The Morgan fingerprint density at radius 2 is 1.81 bits per heavy atom. The van der Waals surface area contributed by atoms with E-state index in [4.69, 9.17) is 0 Å². The second-order valence-corrected chi connectivity index (χ2v) is 6.70. The maximum Gasteiger partial charge on any atom is 0.227 e. The van der Waals surface area contributed by atoms with Crippen LogP contribution in [0.5, 0.6) is 0 Å². The van der Waals surface area contributed by atoms with Crippen LogP contribution in [0.15, 0.2) is 18.2 Å². The van der Waals surface area contributed by atoms with Crippen molar-refractivity contribution in [3.05, 3.63) is 29.3 Å². The quantitative estimate of drug-likeness (QED) is 0.901. The topological polar surface area (TPSA) is 46.2 Å². The zero-order valence-corrected chi connectivity index (χ0v) is 12.8. The third-order valence-electron chi connectivity index (χ3n) is 5.06. The number of hydrogen-bond acceptors (Lipinski definition) is 2. The monoisotopic (exact) mass is 285 g/mol. The fraction of sp³-hybridized carbons (Fsp3) is 0.556. The minimum Gasteiger partial charge on any atom is -0.326 e. The van der Waals surface area contributed by atoms with Gasteiger partial charge in [0, 0.05) is 23.4 Å². The first-order chi connectivity index (χ1) is 10.0. The molecule has 0 saturated heterocycles. The van der Waals surface area contributed by atoms with Crippen molar-refractivity contribution in [2.75, 3.05) is 5.32 Å². The maximum atomic E-state index is 12.5. The summed E-state index contributed by atoms with van der Waals surface area (Å²) in [4.78, 5) is 24.6. The van der Waals surface area contributed by atoms with E-state index in [1.807, 2.05) is 26.0 Å². The van der Waals surface area contributed by atoms with Crippen molar-refractivity contribution in [3.8, 4) is 0 Å². The molecule has 2 aliphatic rings. The molecular weight excluding hydrogens is 262 g/mol. The highest BCUT2D eigenvalue weighted by atomic mass is 16.2. The van der Waals surface area contributed by atoms with E-state index in [1.165, 1.54) is 5.56 Å². The third-order valence-corrected chi connectivity index (χ3v) is 5.06. The lowest BCUT2D eigenvalue weighted by Gasteiger charge is -2.37. The summed E-state index contributed by atoms with van der Waals surface area (Å²) < 4.78 is 0. The molecule has 1 aromatic rings. The number of carbonyl (C=O) groups excluding carboxylic acids is 2. The molecule has 21 heavy (non-hydrogen) atoms.